The average molecular weight is 284 g/mol. The maximum Gasteiger partial charge on any atom is 0.416 e. The first kappa shape index (κ1) is 14.5. The molecule has 0 aromatic heterocycles. The molecule has 3 N–H and O–H groups in total. The van der Waals surface area contributed by atoms with Gasteiger partial charge >= 0.3 is 6.18 Å². The fourth-order valence-corrected chi connectivity index (χ4v) is 2.04. The number of halogens is 4. The topological polar surface area (TPSA) is 38.0 Å². The third-order valence-electron chi connectivity index (χ3n) is 2.93. The van der Waals surface area contributed by atoms with E-state index in [2.05, 4.69) is 5.43 Å². The molecule has 0 amide bonds. The Kier molecular flexibility index (Phi) is 4.06. The van der Waals surface area contributed by atoms with Gasteiger partial charge in [-0.15, -0.1) is 0 Å². The molecule has 0 aliphatic carbocycles. The van der Waals surface area contributed by atoms with Crippen LogP contribution in [0.4, 0.5) is 17.6 Å². The van der Waals surface area contributed by atoms with Gasteiger partial charge in [-0.3, -0.25) is 5.84 Å². The molecular formula is C14H12F4N2. The second kappa shape index (κ2) is 5.60. The van der Waals surface area contributed by atoms with Crippen LogP contribution in [0.25, 0.3) is 0 Å². The molecular weight excluding hydrogens is 272 g/mol. The maximum absolute atomic E-state index is 13.1. The van der Waals surface area contributed by atoms with E-state index in [9.17, 15) is 17.6 Å². The largest absolute Gasteiger partial charge is 0.416 e. The van der Waals surface area contributed by atoms with Crippen LogP contribution in [0.2, 0.25) is 0 Å². The van der Waals surface area contributed by atoms with Crippen LogP contribution in [-0.2, 0) is 6.18 Å². The van der Waals surface area contributed by atoms with Gasteiger partial charge in [-0.05, 0) is 23.3 Å². The lowest BCUT2D eigenvalue weighted by Gasteiger charge is -2.21. The van der Waals surface area contributed by atoms with E-state index in [-0.39, 0.29) is 5.56 Å². The quantitative estimate of drug-likeness (QED) is 0.515. The normalized spacial score (nSPS) is 13.2. The van der Waals surface area contributed by atoms with Gasteiger partial charge in [0.25, 0.3) is 0 Å². The number of alkyl halides is 3. The summed E-state index contributed by atoms with van der Waals surface area (Å²) in [7, 11) is 0. The van der Waals surface area contributed by atoms with Crippen LogP contribution in [-0.4, -0.2) is 0 Å². The standard InChI is InChI=1S/C14H12F4N2/c15-10-6-7-11(12(8-10)14(16,17)18)13(20-19)9-4-2-1-3-5-9/h1-8,13,20H,19H2/t13-/m1/s1. The van der Waals surface area contributed by atoms with E-state index in [0.717, 1.165) is 12.1 Å². The zero-order chi connectivity index (χ0) is 14.8. The lowest BCUT2D eigenvalue weighted by Crippen LogP contribution is -2.30. The number of nitrogens with one attached hydrogen (secondary N) is 1. The number of hydrogen-bond donors (Lipinski definition) is 2. The molecule has 2 aromatic rings. The molecule has 0 radical (unpaired) electrons. The number of benzene rings is 2. The fraction of sp³-hybridized carbons (Fsp3) is 0.143. The molecule has 0 fully saturated rings. The summed E-state index contributed by atoms with van der Waals surface area (Å²) in [5.41, 5.74) is 1.75. The Balaban J connectivity index is 2.56. The summed E-state index contributed by atoms with van der Waals surface area (Å²) < 4.78 is 52.1. The Labute approximate surface area is 113 Å². The third kappa shape index (κ3) is 2.97. The van der Waals surface area contributed by atoms with E-state index < -0.39 is 23.6 Å². The van der Waals surface area contributed by atoms with Crippen LogP contribution in [0.15, 0.2) is 48.5 Å². The number of nitrogens with two attached hydrogens (primary N) is 1. The van der Waals surface area contributed by atoms with Gasteiger partial charge in [0.05, 0.1) is 11.6 Å². The van der Waals surface area contributed by atoms with Crippen LogP contribution in [0, 0.1) is 5.82 Å². The second-order valence-electron chi connectivity index (χ2n) is 4.24. The van der Waals surface area contributed by atoms with Gasteiger partial charge in [-0.2, -0.15) is 13.2 Å². The molecule has 0 spiro atoms. The van der Waals surface area contributed by atoms with E-state index in [1.54, 1.807) is 30.3 Å². The molecule has 0 unspecified atom stereocenters. The smallest absolute Gasteiger partial charge is 0.271 e. The highest BCUT2D eigenvalue weighted by Crippen LogP contribution is 2.36. The van der Waals surface area contributed by atoms with Crippen LogP contribution in [0.1, 0.15) is 22.7 Å². The van der Waals surface area contributed by atoms with Crippen molar-refractivity contribution in [3.8, 4) is 0 Å². The molecule has 0 bridgehead atoms. The maximum atomic E-state index is 13.1. The van der Waals surface area contributed by atoms with E-state index in [1.807, 2.05) is 0 Å². The summed E-state index contributed by atoms with van der Waals surface area (Å²) in [4.78, 5) is 0. The molecule has 6 heteroatoms. The van der Waals surface area contributed by atoms with Gasteiger partial charge < -0.3 is 0 Å². The zero-order valence-electron chi connectivity index (χ0n) is 10.3. The summed E-state index contributed by atoms with van der Waals surface area (Å²) in [6, 6.07) is 10.1. The van der Waals surface area contributed by atoms with Gasteiger partial charge in [-0.1, -0.05) is 36.4 Å². The minimum atomic E-state index is -4.65. The van der Waals surface area contributed by atoms with Crippen molar-refractivity contribution in [3.05, 3.63) is 71.0 Å². The number of rotatable bonds is 3. The summed E-state index contributed by atoms with van der Waals surface area (Å²) in [6.45, 7) is 0. The van der Waals surface area contributed by atoms with Crippen molar-refractivity contribution in [2.24, 2.45) is 5.84 Å². The van der Waals surface area contributed by atoms with Gasteiger partial charge in [-0.25, -0.2) is 9.82 Å². The molecule has 0 aliphatic heterocycles. The predicted octanol–water partition coefficient (Wildman–Crippen LogP) is 3.40. The van der Waals surface area contributed by atoms with Crippen molar-refractivity contribution in [2.75, 3.05) is 0 Å². The lowest BCUT2D eigenvalue weighted by molar-refractivity contribution is -0.138. The molecule has 0 heterocycles. The van der Waals surface area contributed by atoms with Gasteiger partial charge in [0, 0.05) is 0 Å². The van der Waals surface area contributed by atoms with Crippen molar-refractivity contribution >= 4 is 0 Å². The van der Waals surface area contributed by atoms with Gasteiger partial charge in [0.1, 0.15) is 5.82 Å². The molecule has 2 nitrogen and oxygen atoms in total. The highest BCUT2D eigenvalue weighted by molar-refractivity contribution is 5.39. The Morgan fingerprint density at radius 3 is 2.20 bits per heavy atom. The average Bonchev–Trinajstić information content (AvgIpc) is 2.41. The Hall–Kier alpha value is -1.92. The van der Waals surface area contributed by atoms with E-state index in [1.165, 1.54) is 0 Å². The first-order chi connectivity index (χ1) is 9.43. The predicted molar refractivity (Wildman–Crippen MR) is 67.0 cm³/mol. The Morgan fingerprint density at radius 2 is 1.65 bits per heavy atom. The lowest BCUT2D eigenvalue weighted by atomic mass is 9.94. The van der Waals surface area contributed by atoms with E-state index in [0.29, 0.717) is 11.6 Å². The van der Waals surface area contributed by atoms with Gasteiger partial charge in [0.2, 0.25) is 0 Å². The summed E-state index contributed by atoms with van der Waals surface area (Å²) in [5.74, 6) is 4.44. The molecule has 2 aromatic carbocycles. The molecule has 0 aliphatic rings. The minimum Gasteiger partial charge on any atom is -0.271 e. The molecule has 0 saturated heterocycles. The molecule has 0 saturated carbocycles. The first-order valence-electron chi connectivity index (χ1n) is 5.81. The number of hydrogen-bond acceptors (Lipinski definition) is 2. The molecule has 20 heavy (non-hydrogen) atoms. The van der Waals surface area contributed by atoms with E-state index in [4.69, 9.17) is 5.84 Å². The molecule has 1 atom stereocenters. The summed E-state index contributed by atoms with van der Waals surface area (Å²) in [6.07, 6.45) is -4.65. The van der Waals surface area contributed by atoms with Crippen molar-refractivity contribution in [2.45, 2.75) is 12.2 Å². The summed E-state index contributed by atoms with van der Waals surface area (Å²) in [5, 5.41) is 0. The van der Waals surface area contributed by atoms with Gasteiger partial charge in [0.15, 0.2) is 0 Å². The Morgan fingerprint density at radius 1 is 1.00 bits per heavy atom. The monoisotopic (exact) mass is 284 g/mol. The van der Waals surface area contributed by atoms with Crippen molar-refractivity contribution in [3.63, 3.8) is 0 Å². The highest BCUT2D eigenvalue weighted by atomic mass is 19.4. The fourth-order valence-electron chi connectivity index (χ4n) is 2.04. The highest BCUT2D eigenvalue weighted by Gasteiger charge is 2.35. The van der Waals surface area contributed by atoms with Crippen LogP contribution < -0.4 is 11.3 Å². The SMILES string of the molecule is NN[C@H](c1ccccc1)c1ccc(F)cc1C(F)(F)F. The van der Waals surface area contributed by atoms with Crippen LogP contribution in [0.5, 0.6) is 0 Å². The van der Waals surface area contributed by atoms with E-state index >= 15 is 0 Å². The zero-order valence-corrected chi connectivity index (χ0v) is 10.3. The Bertz CT molecular complexity index is 581. The van der Waals surface area contributed by atoms with Crippen molar-refractivity contribution < 1.29 is 17.6 Å². The van der Waals surface area contributed by atoms with Crippen LogP contribution in [0.3, 0.4) is 0 Å². The molecule has 2 rings (SSSR count). The molecule has 106 valence electrons. The first-order valence-corrected chi connectivity index (χ1v) is 5.81. The van der Waals surface area contributed by atoms with Crippen molar-refractivity contribution in [1.82, 2.24) is 5.43 Å². The summed E-state index contributed by atoms with van der Waals surface area (Å²) >= 11 is 0. The second-order valence-corrected chi connectivity index (χ2v) is 4.24. The van der Waals surface area contributed by atoms with Crippen LogP contribution >= 0.6 is 0 Å². The third-order valence-corrected chi connectivity index (χ3v) is 2.93. The van der Waals surface area contributed by atoms with Crippen molar-refractivity contribution in [1.29, 1.82) is 0 Å². The number of hydrazine groups is 1. The minimum absolute atomic E-state index is 0.118.